The lowest BCUT2D eigenvalue weighted by Gasteiger charge is -2.13. The minimum Gasteiger partial charge on any atom is -0.271 e. The average molecular weight is 196 g/mol. The van der Waals surface area contributed by atoms with Crippen LogP contribution < -0.4 is 11.3 Å². The number of terminal acetylenes is 1. The van der Waals surface area contributed by atoms with Crippen LogP contribution in [0.3, 0.4) is 0 Å². The highest BCUT2D eigenvalue weighted by Gasteiger charge is 2.10. The van der Waals surface area contributed by atoms with Gasteiger partial charge in [0.05, 0.1) is 11.1 Å². The van der Waals surface area contributed by atoms with E-state index in [9.17, 15) is 0 Å². The van der Waals surface area contributed by atoms with E-state index in [0.29, 0.717) is 11.4 Å². The van der Waals surface area contributed by atoms with E-state index in [1.807, 2.05) is 0 Å². The molecule has 0 saturated carbocycles. The van der Waals surface area contributed by atoms with Crippen molar-refractivity contribution in [2.24, 2.45) is 5.84 Å². The number of halogens is 1. The molecule has 0 saturated heterocycles. The molecule has 0 bridgehead atoms. The van der Waals surface area contributed by atoms with Gasteiger partial charge < -0.3 is 0 Å². The molecule has 1 unspecified atom stereocenters. The summed E-state index contributed by atoms with van der Waals surface area (Å²) in [7, 11) is 0. The molecule has 0 aromatic carbocycles. The normalized spacial score (nSPS) is 12.1. The van der Waals surface area contributed by atoms with Gasteiger partial charge in [0.15, 0.2) is 0 Å². The molecule has 3 nitrogen and oxygen atoms in total. The van der Waals surface area contributed by atoms with Crippen molar-refractivity contribution in [3.8, 4) is 12.3 Å². The van der Waals surface area contributed by atoms with Crippen molar-refractivity contribution >= 4 is 11.6 Å². The van der Waals surface area contributed by atoms with E-state index >= 15 is 0 Å². The van der Waals surface area contributed by atoms with Gasteiger partial charge >= 0.3 is 0 Å². The third kappa shape index (κ3) is 2.43. The van der Waals surface area contributed by atoms with Gasteiger partial charge in [-0.25, -0.2) is 0 Å². The van der Waals surface area contributed by atoms with Crippen LogP contribution in [0.2, 0.25) is 5.02 Å². The largest absolute Gasteiger partial charge is 0.271 e. The maximum atomic E-state index is 5.91. The summed E-state index contributed by atoms with van der Waals surface area (Å²) < 4.78 is 0. The van der Waals surface area contributed by atoms with Crippen LogP contribution in [-0.2, 0) is 0 Å². The van der Waals surface area contributed by atoms with Crippen molar-refractivity contribution in [3.63, 3.8) is 0 Å². The fourth-order valence-corrected chi connectivity index (χ4v) is 1.30. The number of hydrogen-bond acceptors (Lipinski definition) is 3. The van der Waals surface area contributed by atoms with Gasteiger partial charge in [-0.3, -0.25) is 16.3 Å². The summed E-state index contributed by atoms with van der Waals surface area (Å²) in [6.07, 6.45) is 8.91. The van der Waals surface area contributed by atoms with Crippen molar-refractivity contribution in [3.05, 3.63) is 29.0 Å². The molecule has 1 atom stereocenters. The number of nitrogens with one attached hydrogen (secondary N) is 1. The zero-order valence-corrected chi connectivity index (χ0v) is 7.75. The summed E-state index contributed by atoms with van der Waals surface area (Å²) in [5, 5.41) is 0.570. The Morgan fingerprint density at radius 2 is 2.54 bits per heavy atom. The Balaban J connectivity index is 2.92. The lowest BCUT2D eigenvalue weighted by molar-refractivity contribution is 0.568. The fourth-order valence-electron chi connectivity index (χ4n) is 1.05. The fraction of sp³-hybridized carbons (Fsp3) is 0.222. The number of nitrogens with zero attached hydrogens (tertiary/aromatic N) is 1. The summed E-state index contributed by atoms with van der Waals surface area (Å²) in [6, 6.07) is 1.69. The van der Waals surface area contributed by atoms with Crippen LogP contribution in [0.25, 0.3) is 0 Å². The molecule has 4 heteroatoms. The maximum Gasteiger partial charge on any atom is 0.0637 e. The van der Waals surface area contributed by atoms with Crippen molar-refractivity contribution in [1.82, 2.24) is 10.4 Å². The summed E-state index contributed by atoms with van der Waals surface area (Å²) in [4.78, 5) is 3.87. The Labute approximate surface area is 82.3 Å². The first-order valence-electron chi connectivity index (χ1n) is 3.78. The number of aromatic nitrogens is 1. The van der Waals surface area contributed by atoms with E-state index in [1.54, 1.807) is 18.5 Å². The first-order valence-corrected chi connectivity index (χ1v) is 4.16. The quantitative estimate of drug-likeness (QED) is 0.434. The molecule has 68 valence electrons. The van der Waals surface area contributed by atoms with E-state index in [2.05, 4.69) is 16.3 Å². The molecule has 1 heterocycles. The first kappa shape index (κ1) is 10.0. The SMILES string of the molecule is C#CCC(NN)c1ccncc1Cl. The highest BCUT2D eigenvalue weighted by molar-refractivity contribution is 6.31. The zero-order chi connectivity index (χ0) is 9.68. The minimum absolute atomic E-state index is 0.111. The van der Waals surface area contributed by atoms with Crippen LogP contribution in [0.5, 0.6) is 0 Å². The van der Waals surface area contributed by atoms with Crippen molar-refractivity contribution in [1.29, 1.82) is 0 Å². The molecule has 0 aliphatic rings. The molecule has 0 aliphatic carbocycles. The number of rotatable bonds is 3. The third-order valence-electron chi connectivity index (χ3n) is 1.70. The van der Waals surface area contributed by atoms with Gasteiger partial charge in [-0.05, 0) is 11.6 Å². The van der Waals surface area contributed by atoms with Crippen LogP contribution in [0.4, 0.5) is 0 Å². The van der Waals surface area contributed by atoms with E-state index in [4.69, 9.17) is 23.9 Å². The standard InChI is InChI=1S/C9H10ClN3/c1-2-3-9(13-11)7-4-5-12-6-8(7)10/h1,4-6,9,13H,3,11H2. The van der Waals surface area contributed by atoms with Gasteiger partial charge in [0.25, 0.3) is 0 Å². The van der Waals surface area contributed by atoms with Crippen LogP contribution in [0, 0.1) is 12.3 Å². The number of hydrogen-bond donors (Lipinski definition) is 2. The van der Waals surface area contributed by atoms with E-state index < -0.39 is 0 Å². The summed E-state index contributed by atoms with van der Waals surface area (Å²) >= 11 is 5.91. The molecule has 0 spiro atoms. The minimum atomic E-state index is -0.111. The lowest BCUT2D eigenvalue weighted by Crippen LogP contribution is -2.27. The zero-order valence-electron chi connectivity index (χ0n) is 7.00. The molecule has 1 aromatic heterocycles. The highest BCUT2D eigenvalue weighted by Crippen LogP contribution is 2.22. The molecule has 0 aliphatic heterocycles. The topological polar surface area (TPSA) is 50.9 Å². The van der Waals surface area contributed by atoms with Crippen molar-refractivity contribution in [2.45, 2.75) is 12.5 Å². The van der Waals surface area contributed by atoms with Crippen molar-refractivity contribution < 1.29 is 0 Å². The summed E-state index contributed by atoms with van der Waals surface area (Å²) in [5.74, 6) is 7.86. The molecular formula is C9H10ClN3. The predicted octanol–water partition coefficient (Wildman–Crippen LogP) is 1.26. The van der Waals surface area contributed by atoms with Crippen LogP contribution in [-0.4, -0.2) is 4.98 Å². The highest BCUT2D eigenvalue weighted by atomic mass is 35.5. The average Bonchev–Trinajstić information content (AvgIpc) is 2.16. The Kier molecular flexibility index (Phi) is 3.71. The smallest absolute Gasteiger partial charge is 0.0637 e. The van der Waals surface area contributed by atoms with E-state index in [0.717, 1.165) is 5.56 Å². The molecular weight excluding hydrogens is 186 g/mol. The number of nitrogens with two attached hydrogens (primary N) is 1. The molecule has 0 amide bonds. The van der Waals surface area contributed by atoms with Gasteiger partial charge in [-0.2, -0.15) is 0 Å². The summed E-state index contributed by atoms with van der Waals surface area (Å²) in [6.45, 7) is 0. The molecule has 13 heavy (non-hydrogen) atoms. The van der Waals surface area contributed by atoms with Crippen LogP contribution >= 0.6 is 11.6 Å². The lowest BCUT2D eigenvalue weighted by atomic mass is 10.1. The molecule has 1 aromatic rings. The van der Waals surface area contributed by atoms with Crippen molar-refractivity contribution in [2.75, 3.05) is 0 Å². The molecule has 0 fully saturated rings. The predicted molar refractivity (Wildman–Crippen MR) is 52.8 cm³/mol. The summed E-state index contributed by atoms with van der Waals surface area (Å²) in [5.41, 5.74) is 3.48. The number of hydrazine groups is 1. The Morgan fingerprint density at radius 1 is 1.77 bits per heavy atom. The van der Waals surface area contributed by atoms with Gasteiger partial charge in [0.1, 0.15) is 0 Å². The maximum absolute atomic E-state index is 5.91. The second kappa shape index (κ2) is 4.83. The van der Waals surface area contributed by atoms with Gasteiger partial charge in [0, 0.05) is 18.8 Å². The van der Waals surface area contributed by atoms with E-state index in [1.165, 1.54) is 0 Å². The molecule has 1 rings (SSSR count). The third-order valence-corrected chi connectivity index (χ3v) is 2.02. The van der Waals surface area contributed by atoms with Crippen LogP contribution in [0.15, 0.2) is 18.5 Å². The Bertz CT molecular complexity index is 319. The second-order valence-electron chi connectivity index (χ2n) is 2.52. The molecule has 3 N–H and O–H groups in total. The van der Waals surface area contributed by atoms with Gasteiger partial charge in [-0.15, -0.1) is 12.3 Å². The van der Waals surface area contributed by atoms with Gasteiger partial charge in [0.2, 0.25) is 0 Å². The number of pyridine rings is 1. The van der Waals surface area contributed by atoms with Gasteiger partial charge in [-0.1, -0.05) is 11.6 Å². The Hall–Kier alpha value is -1.08. The first-order chi connectivity index (χ1) is 6.29. The second-order valence-corrected chi connectivity index (χ2v) is 2.93. The molecule has 0 radical (unpaired) electrons. The monoisotopic (exact) mass is 195 g/mol. The Morgan fingerprint density at radius 3 is 3.08 bits per heavy atom. The van der Waals surface area contributed by atoms with Crippen LogP contribution in [0.1, 0.15) is 18.0 Å². The van der Waals surface area contributed by atoms with E-state index in [-0.39, 0.29) is 6.04 Å².